The van der Waals surface area contributed by atoms with E-state index in [-0.39, 0.29) is 19.3 Å². The van der Waals surface area contributed by atoms with Gasteiger partial charge in [0.2, 0.25) is 0 Å². The highest BCUT2D eigenvalue weighted by atomic mass is 16.4. The molecule has 7 N–H and O–H groups in total. The molecular formula is C24H46O8. The third kappa shape index (κ3) is 15.7. The molecule has 0 fully saturated rings. The zero-order valence-electron chi connectivity index (χ0n) is 19.6. The molecule has 190 valence electrons. The summed E-state index contributed by atoms with van der Waals surface area (Å²) >= 11 is 0. The predicted molar refractivity (Wildman–Crippen MR) is 123 cm³/mol. The van der Waals surface area contributed by atoms with Gasteiger partial charge in [-0.05, 0) is 32.1 Å². The Labute approximate surface area is 192 Å². The highest BCUT2D eigenvalue weighted by Crippen LogP contribution is 2.17. The van der Waals surface area contributed by atoms with Gasteiger partial charge in [0.05, 0.1) is 24.4 Å². The van der Waals surface area contributed by atoms with Gasteiger partial charge in [-0.3, -0.25) is 4.79 Å². The minimum atomic E-state index is -1.64. The predicted octanol–water partition coefficient (Wildman–Crippen LogP) is 2.27. The number of carbonyl (C=O) groups is 1. The van der Waals surface area contributed by atoms with Gasteiger partial charge in [-0.25, -0.2) is 0 Å². The van der Waals surface area contributed by atoms with Gasteiger partial charge >= 0.3 is 5.97 Å². The first-order valence-electron chi connectivity index (χ1n) is 12.2. The van der Waals surface area contributed by atoms with Gasteiger partial charge in [-0.1, -0.05) is 64.0 Å². The number of aliphatic carboxylic acids is 1. The van der Waals surface area contributed by atoms with E-state index in [9.17, 15) is 35.4 Å². The molecule has 0 saturated heterocycles. The second-order valence-electron chi connectivity index (χ2n) is 8.74. The van der Waals surface area contributed by atoms with Crippen LogP contribution in [0.25, 0.3) is 0 Å². The SMILES string of the molecule is CCCCCCC=CCC(O)C(O)C(O)C(O)CC(O)C(O)CCCCCCCC(=O)O. The van der Waals surface area contributed by atoms with E-state index in [2.05, 4.69) is 6.92 Å². The van der Waals surface area contributed by atoms with Crippen LogP contribution in [0.2, 0.25) is 0 Å². The summed E-state index contributed by atoms with van der Waals surface area (Å²) in [6.45, 7) is 2.14. The summed E-state index contributed by atoms with van der Waals surface area (Å²) in [5, 5.41) is 69.0. The van der Waals surface area contributed by atoms with Gasteiger partial charge in [0, 0.05) is 12.8 Å². The quantitative estimate of drug-likeness (QED) is 0.101. The molecule has 32 heavy (non-hydrogen) atoms. The molecule has 6 atom stereocenters. The van der Waals surface area contributed by atoms with Gasteiger partial charge in [0.1, 0.15) is 12.2 Å². The van der Waals surface area contributed by atoms with Crippen LogP contribution in [0.4, 0.5) is 0 Å². The van der Waals surface area contributed by atoms with Crippen LogP contribution in [0, 0.1) is 0 Å². The fourth-order valence-corrected chi connectivity index (χ4v) is 3.53. The summed E-state index contributed by atoms with van der Waals surface area (Å²) in [6.07, 6.45) is 4.86. The van der Waals surface area contributed by atoms with Crippen molar-refractivity contribution in [3.8, 4) is 0 Å². The van der Waals surface area contributed by atoms with Crippen LogP contribution in [0.3, 0.4) is 0 Å². The molecule has 0 saturated carbocycles. The van der Waals surface area contributed by atoms with Gasteiger partial charge in [-0.15, -0.1) is 0 Å². The lowest BCUT2D eigenvalue weighted by atomic mass is 9.94. The number of aliphatic hydroxyl groups excluding tert-OH is 6. The first-order valence-corrected chi connectivity index (χ1v) is 12.2. The van der Waals surface area contributed by atoms with Crippen molar-refractivity contribution in [2.45, 2.75) is 133 Å². The summed E-state index contributed by atoms with van der Waals surface area (Å²) < 4.78 is 0. The van der Waals surface area contributed by atoms with Crippen molar-refractivity contribution in [3.63, 3.8) is 0 Å². The van der Waals surface area contributed by atoms with Crippen LogP contribution in [-0.4, -0.2) is 78.3 Å². The Morgan fingerprint density at radius 2 is 1.28 bits per heavy atom. The summed E-state index contributed by atoms with van der Waals surface area (Å²) in [7, 11) is 0. The molecule has 0 aliphatic carbocycles. The molecule has 8 nitrogen and oxygen atoms in total. The van der Waals surface area contributed by atoms with Crippen molar-refractivity contribution < 1.29 is 40.5 Å². The lowest BCUT2D eigenvalue weighted by Gasteiger charge is -2.28. The van der Waals surface area contributed by atoms with E-state index in [0.717, 1.165) is 44.9 Å². The van der Waals surface area contributed by atoms with Gasteiger partial charge in [0.25, 0.3) is 0 Å². The fraction of sp³-hybridized carbons (Fsp3) is 0.875. The van der Waals surface area contributed by atoms with Gasteiger partial charge < -0.3 is 35.7 Å². The summed E-state index contributed by atoms with van der Waals surface area (Å²) in [5.41, 5.74) is 0. The lowest BCUT2D eigenvalue weighted by molar-refractivity contribution is -0.137. The van der Waals surface area contributed by atoms with Crippen molar-refractivity contribution in [1.82, 2.24) is 0 Å². The third-order valence-corrected chi connectivity index (χ3v) is 5.72. The molecule has 8 heteroatoms. The Kier molecular flexibility index (Phi) is 18.8. The maximum Gasteiger partial charge on any atom is 0.303 e. The van der Waals surface area contributed by atoms with E-state index in [1.807, 2.05) is 6.08 Å². The number of allylic oxidation sites excluding steroid dienone is 1. The maximum atomic E-state index is 10.4. The minimum Gasteiger partial charge on any atom is -0.481 e. The Hall–Kier alpha value is -1.03. The molecule has 0 aromatic heterocycles. The number of hydrogen-bond donors (Lipinski definition) is 7. The van der Waals surface area contributed by atoms with E-state index in [1.54, 1.807) is 6.08 Å². The zero-order valence-corrected chi connectivity index (χ0v) is 19.6. The molecule has 0 amide bonds. The number of carboxylic acids is 1. The second kappa shape index (κ2) is 19.4. The molecule has 0 rings (SSSR count). The molecule has 0 spiro atoms. The van der Waals surface area contributed by atoms with Gasteiger partial charge in [0.15, 0.2) is 0 Å². The highest BCUT2D eigenvalue weighted by Gasteiger charge is 2.32. The van der Waals surface area contributed by atoms with Crippen molar-refractivity contribution in [2.75, 3.05) is 0 Å². The smallest absolute Gasteiger partial charge is 0.303 e. The molecule has 6 unspecified atom stereocenters. The van der Waals surface area contributed by atoms with E-state index in [0.29, 0.717) is 19.3 Å². The van der Waals surface area contributed by atoms with Gasteiger partial charge in [-0.2, -0.15) is 0 Å². The van der Waals surface area contributed by atoms with E-state index in [1.165, 1.54) is 6.42 Å². The third-order valence-electron chi connectivity index (χ3n) is 5.72. The fourth-order valence-electron chi connectivity index (χ4n) is 3.53. The molecule has 0 radical (unpaired) electrons. The van der Waals surface area contributed by atoms with Crippen LogP contribution in [0.5, 0.6) is 0 Å². The number of rotatable bonds is 21. The molecule has 0 heterocycles. The average Bonchev–Trinajstić information content (AvgIpc) is 2.75. The molecule has 0 aliphatic heterocycles. The first kappa shape index (κ1) is 31.0. The van der Waals surface area contributed by atoms with Crippen molar-refractivity contribution in [1.29, 1.82) is 0 Å². The molecule has 0 aromatic rings. The number of aliphatic hydroxyl groups is 6. The molecule has 0 aliphatic rings. The zero-order chi connectivity index (χ0) is 24.4. The number of carboxylic acid groups (broad SMARTS) is 1. The van der Waals surface area contributed by atoms with Crippen LogP contribution in [0.15, 0.2) is 12.2 Å². The first-order chi connectivity index (χ1) is 15.2. The average molecular weight is 463 g/mol. The standard InChI is InChI=1S/C24H46O8/c1-2-3-4-5-6-8-12-15-19(26)23(31)24(32)21(28)17-20(27)18(25)14-11-9-7-10-13-16-22(29)30/h8,12,18-21,23-28,31-32H,2-7,9-11,13-17H2,1H3,(H,29,30). The Morgan fingerprint density at radius 1 is 0.688 bits per heavy atom. The van der Waals surface area contributed by atoms with E-state index < -0.39 is 42.6 Å². The Balaban J connectivity index is 4.11. The van der Waals surface area contributed by atoms with E-state index in [4.69, 9.17) is 5.11 Å². The Bertz CT molecular complexity index is 485. The van der Waals surface area contributed by atoms with Crippen molar-refractivity contribution in [3.05, 3.63) is 12.2 Å². The van der Waals surface area contributed by atoms with Crippen LogP contribution in [0.1, 0.15) is 96.8 Å². The minimum absolute atomic E-state index is 0.149. The highest BCUT2D eigenvalue weighted by molar-refractivity contribution is 5.66. The number of unbranched alkanes of at least 4 members (excludes halogenated alkanes) is 8. The molecule has 0 bridgehead atoms. The summed E-state index contributed by atoms with van der Waals surface area (Å²) in [6, 6.07) is 0. The van der Waals surface area contributed by atoms with E-state index >= 15 is 0 Å². The number of hydrogen-bond acceptors (Lipinski definition) is 7. The lowest BCUT2D eigenvalue weighted by Crippen LogP contribution is -2.46. The summed E-state index contributed by atoms with van der Waals surface area (Å²) in [5.74, 6) is -0.809. The van der Waals surface area contributed by atoms with Crippen molar-refractivity contribution >= 4 is 5.97 Å². The monoisotopic (exact) mass is 462 g/mol. The van der Waals surface area contributed by atoms with Crippen LogP contribution < -0.4 is 0 Å². The maximum absolute atomic E-state index is 10.4. The largest absolute Gasteiger partial charge is 0.481 e. The second-order valence-corrected chi connectivity index (χ2v) is 8.74. The molecule has 0 aromatic carbocycles. The summed E-state index contributed by atoms with van der Waals surface area (Å²) in [4.78, 5) is 10.4. The van der Waals surface area contributed by atoms with Crippen LogP contribution in [-0.2, 0) is 4.79 Å². The van der Waals surface area contributed by atoms with Crippen LogP contribution >= 0.6 is 0 Å². The topological polar surface area (TPSA) is 159 Å². The molecular weight excluding hydrogens is 416 g/mol. The van der Waals surface area contributed by atoms with Crippen molar-refractivity contribution in [2.24, 2.45) is 0 Å². The Morgan fingerprint density at radius 3 is 1.94 bits per heavy atom. The normalized spacial score (nSPS) is 17.7.